The molecule has 0 saturated carbocycles. The molecular formula is C17H22N6O2S. The maximum atomic E-state index is 12.4. The SMILES string of the molecule is O=C(NCCSc1ncn[nH]1)[C@@H]1CCC(=O)N(CCc2ccccn2)C1. The third kappa shape index (κ3) is 5.29. The topological polar surface area (TPSA) is 104 Å². The van der Waals surface area contributed by atoms with Crippen molar-refractivity contribution >= 4 is 23.6 Å². The molecule has 2 N–H and O–H groups in total. The molecule has 1 atom stereocenters. The summed E-state index contributed by atoms with van der Waals surface area (Å²) < 4.78 is 0. The smallest absolute Gasteiger partial charge is 0.224 e. The number of piperidine rings is 1. The van der Waals surface area contributed by atoms with Crippen molar-refractivity contribution in [3.05, 3.63) is 36.4 Å². The summed E-state index contributed by atoms with van der Waals surface area (Å²) in [5, 5.41) is 10.2. The van der Waals surface area contributed by atoms with E-state index in [1.54, 1.807) is 11.1 Å². The number of aromatic amines is 1. The van der Waals surface area contributed by atoms with Crippen molar-refractivity contribution in [2.75, 3.05) is 25.4 Å². The highest BCUT2D eigenvalue weighted by Crippen LogP contribution is 2.18. The van der Waals surface area contributed by atoms with Crippen molar-refractivity contribution in [3.8, 4) is 0 Å². The monoisotopic (exact) mass is 374 g/mol. The number of carbonyl (C=O) groups excluding carboxylic acids is 2. The summed E-state index contributed by atoms with van der Waals surface area (Å²) in [5.74, 6) is 0.701. The normalized spacial score (nSPS) is 17.3. The summed E-state index contributed by atoms with van der Waals surface area (Å²) in [4.78, 5) is 34.6. The van der Waals surface area contributed by atoms with E-state index in [1.807, 2.05) is 18.2 Å². The van der Waals surface area contributed by atoms with Gasteiger partial charge in [-0.15, -0.1) is 0 Å². The first-order chi connectivity index (χ1) is 12.7. The minimum absolute atomic E-state index is 0.0125. The number of carbonyl (C=O) groups is 2. The zero-order valence-electron chi connectivity index (χ0n) is 14.4. The van der Waals surface area contributed by atoms with Crippen LogP contribution in [-0.2, 0) is 16.0 Å². The second kappa shape index (κ2) is 9.33. The predicted molar refractivity (Wildman–Crippen MR) is 97.4 cm³/mol. The molecule has 0 bridgehead atoms. The van der Waals surface area contributed by atoms with E-state index in [4.69, 9.17) is 0 Å². The number of likely N-dealkylation sites (tertiary alicyclic amines) is 1. The van der Waals surface area contributed by atoms with E-state index in [9.17, 15) is 9.59 Å². The van der Waals surface area contributed by atoms with Gasteiger partial charge in [-0.25, -0.2) is 4.98 Å². The molecule has 8 nitrogen and oxygen atoms in total. The molecule has 26 heavy (non-hydrogen) atoms. The highest BCUT2D eigenvalue weighted by Gasteiger charge is 2.29. The molecule has 0 aromatic carbocycles. The second-order valence-corrected chi connectivity index (χ2v) is 7.16. The fourth-order valence-electron chi connectivity index (χ4n) is 2.87. The Kier molecular flexibility index (Phi) is 6.59. The molecule has 0 aliphatic carbocycles. The first-order valence-electron chi connectivity index (χ1n) is 8.66. The van der Waals surface area contributed by atoms with E-state index in [1.165, 1.54) is 18.1 Å². The molecule has 2 aromatic rings. The van der Waals surface area contributed by atoms with Crippen LogP contribution in [0.15, 0.2) is 35.9 Å². The van der Waals surface area contributed by atoms with Crippen LogP contribution in [0, 0.1) is 5.92 Å². The van der Waals surface area contributed by atoms with Crippen molar-refractivity contribution in [2.24, 2.45) is 5.92 Å². The number of nitrogens with zero attached hydrogens (tertiary/aromatic N) is 4. The Labute approximate surface area is 156 Å². The molecule has 2 amide bonds. The van der Waals surface area contributed by atoms with Crippen molar-refractivity contribution in [1.29, 1.82) is 0 Å². The molecule has 3 heterocycles. The Balaban J connectivity index is 1.41. The van der Waals surface area contributed by atoms with E-state index in [2.05, 4.69) is 25.5 Å². The van der Waals surface area contributed by atoms with Gasteiger partial charge in [0.25, 0.3) is 0 Å². The molecule has 1 fully saturated rings. The zero-order chi connectivity index (χ0) is 18.2. The fourth-order valence-corrected chi connectivity index (χ4v) is 3.51. The Morgan fingerprint density at radius 2 is 2.31 bits per heavy atom. The third-order valence-corrected chi connectivity index (χ3v) is 5.15. The molecule has 1 aliphatic heterocycles. The molecule has 1 aliphatic rings. The first-order valence-corrected chi connectivity index (χ1v) is 9.64. The summed E-state index contributed by atoms with van der Waals surface area (Å²) in [6, 6.07) is 5.76. The maximum absolute atomic E-state index is 12.4. The maximum Gasteiger partial charge on any atom is 0.224 e. The van der Waals surface area contributed by atoms with Gasteiger partial charge in [0.05, 0.1) is 5.92 Å². The Bertz CT molecular complexity index is 709. The van der Waals surface area contributed by atoms with Gasteiger partial charge < -0.3 is 10.2 Å². The van der Waals surface area contributed by atoms with Gasteiger partial charge >= 0.3 is 0 Å². The van der Waals surface area contributed by atoms with Crippen LogP contribution in [0.5, 0.6) is 0 Å². The van der Waals surface area contributed by atoms with Gasteiger partial charge in [-0.3, -0.25) is 19.7 Å². The van der Waals surface area contributed by atoms with Crippen LogP contribution in [0.2, 0.25) is 0 Å². The van der Waals surface area contributed by atoms with Gasteiger partial charge in [0.1, 0.15) is 6.33 Å². The molecule has 0 radical (unpaired) electrons. The lowest BCUT2D eigenvalue weighted by atomic mass is 9.96. The van der Waals surface area contributed by atoms with E-state index in [-0.39, 0.29) is 17.7 Å². The van der Waals surface area contributed by atoms with Gasteiger partial charge in [0.2, 0.25) is 11.8 Å². The largest absolute Gasteiger partial charge is 0.355 e. The van der Waals surface area contributed by atoms with Crippen LogP contribution < -0.4 is 5.32 Å². The quantitative estimate of drug-likeness (QED) is 0.525. The van der Waals surface area contributed by atoms with Crippen LogP contribution in [0.1, 0.15) is 18.5 Å². The second-order valence-electron chi connectivity index (χ2n) is 6.08. The van der Waals surface area contributed by atoms with Crippen LogP contribution in [0.25, 0.3) is 0 Å². The summed E-state index contributed by atoms with van der Waals surface area (Å²) in [7, 11) is 0. The Hall–Kier alpha value is -2.42. The highest BCUT2D eigenvalue weighted by molar-refractivity contribution is 7.99. The summed E-state index contributed by atoms with van der Waals surface area (Å²) in [6.07, 6.45) is 4.95. The van der Waals surface area contributed by atoms with E-state index in [0.717, 1.165) is 16.6 Å². The Morgan fingerprint density at radius 3 is 3.08 bits per heavy atom. The number of amides is 2. The molecule has 1 saturated heterocycles. The fraction of sp³-hybridized carbons (Fsp3) is 0.471. The minimum Gasteiger partial charge on any atom is -0.355 e. The standard InChI is InChI=1S/C17H22N6O2S/c24-15-5-4-13(11-23(15)9-6-14-3-1-2-7-18-14)16(25)19-8-10-26-17-20-12-21-22-17/h1-3,7,12-13H,4-6,8-11H2,(H,19,25)(H,20,21,22)/t13-/m1/s1. The van der Waals surface area contributed by atoms with Gasteiger partial charge in [-0.05, 0) is 18.6 Å². The number of hydrogen-bond donors (Lipinski definition) is 2. The number of H-pyrrole nitrogens is 1. The molecule has 9 heteroatoms. The summed E-state index contributed by atoms with van der Waals surface area (Å²) >= 11 is 1.51. The summed E-state index contributed by atoms with van der Waals surface area (Å²) in [5.41, 5.74) is 0.955. The number of hydrogen-bond acceptors (Lipinski definition) is 6. The van der Waals surface area contributed by atoms with Crippen molar-refractivity contribution < 1.29 is 9.59 Å². The number of aromatic nitrogens is 4. The molecule has 0 unspecified atom stereocenters. The lowest BCUT2D eigenvalue weighted by Gasteiger charge is -2.32. The summed E-state index contributed by atoms with van der Waals surface area (Å²) in [6.45, 7) is 1.64. The van der Waals surface area contributed by atoms with Crippen LogP contribution in [-0.4, -0.2) is 62.3 Å². The highest BCUT2D eigenvalue weighted by atomic mass is 32.2. The van der Waals surface area contributed by atoms with Crippen molar-refractivity contribution in [1.82, 2.24) is 30.4 Å². The molecule has 0 spiro atoms. The number of nitrogens with one attached hydrogen (secondary N) is 2. The third-order valence-electron chi connectivity index (χ3n) is 4.27. The van der Waals surface area contributed by atoms with Crippen molar-refractivity contribution in [2.45, 2.75) is 24.4 Å². The minimum atomic E-state index is -0.147. The molecule has 3 rings (SSSR count). The number of pyridine rings is 1. The number of rotatable bonds is 8. The van der Waals surface area contributed by atoms with Crippen molar-refractivity contribution in [3.63, 3.8) is 0 Å². The van der Waals surface area contributed by atoms with Gasteiger partial charge in [-0.1, -0.05) is 17.8 Å². The van der Waals surface area contributed by atoms with Gasteiger partial charge in [0.15, 0.2) is 5.16 Å². The van der Waals surface area contributed by atoms with Gasteiger partial charge in [-0.2, -0.15) is 5.10 Å². The lowest BCUT2D eigenvalue weighted by molar-refractivity contribution is -0.138. The van der Waals surface area contributed by atoms with Gasteiger partial charge in [0, 0.05) is 50.1 Å². The average Bonchev–Trinajstić information content (AvgIpc) is 3.19. The molecule has 138 valence electrons. The van der Waals surface area contributed by atoms with E-state index < -0.39 is 0 Å². The molecular weight excluding hydrogens is 352 g/mol. The van der Waals surface area contributed by atoms with Crippen LogP contribution >= 0.6 is 11.8 Å². The Morgan fingerprint density at radius 1 is 1.38 bits per heavy atom. The average molecular weight is 374 g/mol. The lowest BCUT2D eigenvalue weighted by Crippen LogP contribution is -2.46. The van der Waals surface area contributed by atoms with E-state index >= 15 is 0 Å². The molecule has 2 aromatic heterocycles. The first kappa shape index (κ1) is 18.4. The zero-order valence-corrected chi connectivity index (χ0v) is 15.2. The van der Waals surface area contributed by atoms with E-state index in [0.29, 0.717) is 38.9 Å². The van der Waals surface area contributed by atoms with Crippen LogP contribution in [0.4, 0.5) is 0 Å². The van der Waals surface area contributed by atoms with Crippen LogP contribution in [0.3, 0.4) is 0 Å². The number of thioether (sulfide) groups is 1. The predicted octanol–water partition coefficient (Wildman–Crippen LogP) is 0.889.